The van der Waals surface area contributed by atoms with Crippen LogP contribution in [0.25, 0.3) is 0 Å². The van der Waals surface area contributed by atoms with E-state index in [0.29, 0.717) is 12.8 Å². The van der Waals surface area contributed by atoms with Crippen molar-refractivity contribution < 1.29 is 37.6 Å². The van der Waals surface area contributed by atoms with Gasteiger partial charge in [0.2, 0.25) is 0 Å². The highest BCUT2D eigenvalue weighted by molar-refractivity contribution is 7.47. The average Bonchev–Trinajstić information content (AvgIpc) is 3.14. The van der Waals surface area contributed by atoms with E-state index in [9.17, 15) is 19.0 Å². The van der Waals surface area contributed by atoms with Crippen molar-refractivity contribution in [2.45, 2.75) is 161 Å². The minimum absolute atomic E-state index is 0.0417. The highest BCUT2D eigenvalue weighted by Crippen LogP contribution is 2.43. The van der Waals surface area contributed by atoms with Gasteiger partial charge in [0.1, 0.15) is 6.61 Å². The fourth-order valence-corrected chi connectivity index (χ4v) is 5.83. The molecular formula is C43H74NO8P. The third-order valence-electron chi connectivity index (χ3n) is 8.08. The molecule has 53 heavy (non-hydrogen) atoms. The number of esters is 2. The van der Waals surface area contributed by atoms with Gasteiger partial charge in [0.15, 0.2) is 6.10 Å². The van der Waals surface area contributed by atoms with Gasteiger partial charge in [0, 0.05) is 19.4 Å². The third kappa shape index (κ3) is 39.0. The van der Waals surface area contributed by atoms with Gasteiger partial charge in [0.05, 0.1) is 13.2 Å². The highest BCUT2D eigenvalue weighted by atomic mass is 31.2. The molecule has 0 rings (SSSR count). The number of ether oxygens (including phenoxy) is 2. The standard InChI is InChI=1S/C43H74NO8P/c1-3-5-7-9-11-13-15-17-19-20-22-23-25-27-29-31-33-35-42(45)49-39-41(40-51-53(47,48)50-38-37-44)52-43(46)36-34-32-30-28-26-24-21-18-16-14-12-10-8-6-4-2/h6,8,11-14,17-19,21,26,28,41H,3-5,7,9-10,15-16,20,22-25,27,29-40,44H2,1-2H3,(H,47,48)/b8-6+,13-11+,14-12+,19-17+,21-18+,28-26+/t41-/m1/s1. The summed E-state index contributed by atoms with van der Waals surface area (Å²) in [6, 6.07) is 0. The molecule has 0 amide bonds. The van der Waals surface area contributed by atoms with Crippen LogP contribution in [-0.2, 0) is 32.7 Å². The van der Waals surface area contributed by atoms with Crippen LogP contribution in [0.2, 0.25) is 0 Å². The van der Waals surface area contributed by atoms with Crippen molar-refractivity contribution in [3.63, 3.8) is 0 Å². The zero-order valence-electron chi connectivity index (χ0n) is 33.2. The number of hydrogen-bond donors (Lipinski definition) is 2. The summed E-state index contributed by atoms with van der Waals surface area (Å²) in [5.74, 6) is -0.894. The van der Waals surface area contributed by atoms with Crippen molar-refractivity contribution in [1.29, 1.82) is 0 Å². The topological polar surface area (TPSA) is 134 Å². The molecule has 3 N–H and O–H groups in total. The molecule has 0 aromatic rings. The normalized spacial score (nSPS) is 14.1. The monoisotopic (exact) mass is 764 g/mol. The van der Waals surface area contributed by atoms with E-state index in [2.05, 4.69) is 86.8 Å². The Balaban J connectivity index is 4.27. The average molecular weight is 764 g/mol. The second-order valence-corrected chi connectivity index (χ2v) is 14.6. The summed E-state index contributed by atoms with van der Waals surface area (Å²) in [6.45, 7) is 3.51. The molecule has 0 aromatic carbocycles. The predicted octanol–water partition coefficient (Wildman–Crippen LogP) is 11.5. The minimum Gasteiger partial charge on any atom is -0.462 e. The van der Waals surface area contributed by atoms with Gasteiger partial charge in [0.25, 0.3) is 0 Å². The number of carbonyl (C=O) groups is 2. The van der Waals surface area contributed by atoms with Crippen molar-refractivity contribution in [3.05, 3.63) is 72.9 Å². The Kier molecular flexibility index (Phi) is 37.3. The molecule has 10 heteroatoms. The molecule has 0 radical (unpaired) electrons. The van der Waals surface area contributed by atoms with Crippen molar-refractivity contribution >= 4 is 19.8 Å². The molecule has 304 valence electrons. The van der Waals surface area contributed by atoms with E-state index < -0.39 is 32.5 Å². The summed E-state index contributed by atoms with van der Waals surface area (Å²) in [7, 11) is -4.39. The summed E-state index contributed by atoms with van der Waals surface area (Å²) in [5, 5.41) is 0. The number of carbonyl (C=O) groups excluding carboxylic acids is 2. The lowest BCUT2D eigenvalue weighted by Gasteiger charge is -2.19. The molecule has 0 aliphatic carbocycles. The number of allylic oxidation sites excluding steroid dienone is 12. The van der Waals surface area contributed by atoms with Crippen LogP contribution in [0.15, 0.2) is 72.9 Å². The number of hydrogen-bond acceptors (Lipinski definition) is 8. The van der Waals surface area contributed by atoms with Crippen LogP contribution in [0.5, 0.6) is 0 Å². The van der Waals surface area contributed by atoms with E-state index in [1.807, 2.05) is 0 Å². The number of phosphoric acid groups is 1. The van der Waals surface area contributed by atoms with E-state index in [0.717, 1.165) is 70.6 Å². The SMILES string of the molecule is CC/C=C/C/C=C/C/C=C/C/C=C/CCCCC(=O)O[C@H](COC(=O)CCCCCCCCC/C=C/C/C=C/CCCCC)COP(=O)(O)OCCN. The number of rotatable bonds is 37. The van der Waals surface area contributed by atoms with E-state index in [4.69, 9.17) is 24.3 Å². The molecule has 9 nitrogen and oxygen atoms in total. The summed E-state index contributed by atoms with van der Waals surface area (Å²) in [6.07, 6.45) is 46.5. The maximum absolute atomic E-state index is 12.5. The second kappa shape index (κ2) is 39.2. The summed E-state index contributed by atoms with van der Waals surface area (Å²) in [5.41, 5.74) is 5.33. The van der Waals surface area contributed by atoms with Crippen molar-refractivity contribution in [3.8, 4) is 0 Å². The van der Waals surface area contributed by atoms with Crippen LogP contribution in [0, 0.1) is 0 Å². The molecule has 0 aromatic heterocycles. The minimum atomic E-state index is -4.39. The van der Waals surface area contributed by atoms with Gasteiger partial charge in [-0.2, -0.15) is 0 Å². The first-order chi connectivity index (χ1) is 25.8. The van der Waals surface area contributed by atoms with E-state index in [-0.39, 0.29) is 32.6 Å². The quantitative estimate of drug-likeness (QED) is 0.0274. The first-order valence-electron chi connectivity index (χ1n) is 20.4. The lowest BCUT2D eigenvalue weighted by Crippen LogP contribution is -2.29. The van der Waals surface area contributed by atoms with Gasteiger partial charge >= 0.3 is 19.8 Å². The molecular weight excluding hydrogens is 689 g/mol. The molecule has 1 unspecified atom stereocenters. The molecule has 0 saturated carbocycles. The summed E-state index contributed by atoms with van der Waals surface area (Å²) < 4.78 is 32.7. The lowest BCUT2D eigenvalue weighted by atomic mass is 10.1. The Labute approximate surface area is 322 Å². The Hall–Kier alpha value is -2.55. The van der Waals surface area contributed by atoms with Gasteiger partial charge in [-0.1, -0.05) is 132 Å². The summed E-state index contributed by atoms with van der Waals surface area (Å²) >= 11 is 0. The first kappa shape index (κ1) is 50.5. The summed E-state index contributed by atoms with van der Waals surface area (Å²) in [4.78, 5) is 34.8. The van der Waals surface area contributed by atoms with Gasteiger partial charge in [-0.15, -0.1) is 0 Å². The van der Waals surface area contributed by atoms with Crippen LogP contribution in [-0.4, -0.2) is 49.3 Å². The smallest absolute Gasteiger partial charge is 0.462 e. The largest absolute Gasteiger partial charge is 0.472 e. The van der Waals surface area contributed by atoms with Gasteiger partial charge in [-0.3, -0.25) is 18.6 Å². The fourth-order valence-electron chi connectivity index (χ4n) is 5.07. The Morgan fingerprint density at radius 1 is 0.585 bits per heavy atom. The number of phosphoric ester groups is 1. The third-order valence-corrected chi connectivity index (χ3v) is 9.06. The molecule has 0 bridgehead atoms. The Morgan fingerprint density at radius 2 is 1.04 bits per heavy atom. The van der Waals surface area contributed by atoms with E-state index in [1.165, 1.54) is 44.9 Å². The molecule has 0 saturated heterocycles. The van der Waals surface area contributed by atoms with Crippen molar-refractivity contribution in [1.82, 2.24) is 0 Å². The maximum Gasteiger partial charge on any atom is 0.472 e. The molecule has 0 aliphatic rings. The first-order valence-corrected chi connectivity index (χ1v) is 21.9. The number of nitrogens with two attached hydrogens (primary N) is 1. The zero-order chi connectivity index (χ0) is 38.9. The highest BCUT2D eigenvalue weighted by Gasteiger charge is 2.25. The van der Waals surface area contributed by atoms with Gasteiger partial charge < -0.3 is 20.1 Å². The van der Waals surface area contributed by atoms with Crippen LogP contribution in [0.3, 0.4) is 0 Å². The van der Waals surface area contributed by atoms with Crippen LogP contribution in [0.1, 0.15) is 155 Å². The zero-order valence-corrected chi connectivity index (χ0v) is 34.1. The maximum atomic E-state index is 12.5. The molecule has 2 atom stereocenters. The Bertz CT molecular complexity index is 1100. The molecule has 0 heterocycles. The van der Waals surface area contributed by atoms with Crippen LogP contribution < -0.4 is 5.73 Å². The number of unbranched alkanes of at least 4 members (excludes halogenated alkanes) is 12. The van der Waals surface area contributed by atoms with Crippen molar-refractivity contribution in [2.75, 3.05) is 26.4 Å². The van der Waals surface area contributed by atoms with E-state index >= 15 is 0 Å². The van der Waals surface area contributed by atoms with Gasteiger partial charge in [-0.25, -0.2) is 4.57 Å². The van der Waals surface area contributed by atoms with Crippen LogP contribution >= 0.6 is 7.82 Å². The molecule has 0 spiro atoms. The van der Waals surface area contributed by atoms with Crippen molar-refractivity contribution in [2.24, 2.45) is 5.73 Å². The second-order valence-electron chi connectivity index (χ2n) is 13.1. The van der Waals surface area contributed by atoms with Gasteiger partial charge in [-0.05, 0) is 83.5 Å². The lowest BCUT2D eigenvalue weighted by molar-refractivity contribution is -0.161. The fraction of sp³-hybridized carbons (Fsp3) is 0.674. The van der Waals surface area contributed by atoms with Crippen LogP contribution in [0.4, 0.5) is 0 Å². The molecule has 0 fully saturated rings. The molecule has 0 aliphatic heterocycles. The predicted molar refractivity (Wildman–Crippen MR) is 219 cm³/mol. The Morgan fingerprint density at radius 3 is 1.58 bits per heavy atom. The van der Waals surface area contributed by atoms with E-state index in [1.54, 1.807) is 0 Å².